The third-order valence-electron chi connectivity index (χ3n) is 5.96. The molecule has 10 nitrogen and oxygen atoms in total. The van der Waals surface area contributed by atoms with E-state index < -0.39 is 36.0 Å². The van der Waals surface area contributed by atoms with E-state index >= 15 is 4.39 Å². The monoisotopic (exact) mass is 525 g/mol. The molecule has 0 saturated carbocycles. The van der Waals surface area contributed by atoms with Gasteiger partial charge in [0, 0.05) is 0 Å². The molecule has 2 aromatic heterocycles. The lowest BCUT2D eigenvalue weighted by molar-refractivity contribution is -0.0611. The number of imidazole rings is 1. The van der Waals surface area contributed by atoms with Crippen molar-refractivity contribution in [3.05, 3.63) is 83.3 Å². The number of hydrogen-bond acceptors (Lipinski definition) is 9. The van der Waals surface area contributed by atoms with Crippen LogP contribution in [0.2, 0.25) is 5.15 Å². The quantitative estimate of drug-likeness (QED) is 0.295. The number of hydrogen-bond donors (Lipinski definition) is 1. The summed E-state index contributed by atoms with van der Waals surface area (Å²) in [7, 11) is 0. The third-order valence-corrected chi connectivity index (χ3v) is 6.22. The van der Waals surface area contributed by atoms with Crippen LogP contribution >= 0.6 is 11.6 Å². The number of carbonyl (C=O) groups is 2. The number of fused-ring (bicyclic) bond motifs is 1. The van der Waals surface area contributed by atoms with Gasteiger partial charge in [0.2, 0.25) is 5.95 Å². The van der Waals surface area contributed by atoms with Crippen LogP contribution in [0.4, 0.5) is 10.3 Å². The second-order valence-electron chi connectivity index (χ2n) is 8.53. The molecule has 3 heterocycles. The van der Waals surface area contributed by atoms with Gasteiger partial charge in [0.1, 0.15) is 18.2 Å². The Bertz CT molecular complexity index is 1450. The van der Waals surface area contributed by atoms with Gasteiger partial charge in [-0.2, -0.15) is 9.97 Å². The first-order valence-corrected chi connectivity index (χ1v) is 11.6. The zero-order valence-electron chi connectivity index (χ0n) is 19.5. The Balaban J connectivity index is 1.47. The minimum atomic E-state index is -2.31. The van der Waals surface area contributed by atoms with Gasteiger partial charge in [-0.3, -0.25) is 4.57 Å². The summed E-state index contributed by atoms with van der Waals surface area (Å²) in [6.45, 7) is 0.832. The molecule has 0 bridgehead atoms. The number of nitrogen functional groups attached to an aromatic ring is 1. The summed E-state index contributed by atoms with van der Waals surface area (Å²) >= 11 is 6.12. The minimum absolute atomic E-state index is 0.0137. The Morgan fingerprint density at radius 1 is 1.08 bits per heavy atom. The number of esters is 2. The summed E-state index contributed by atoms with van der Waals surface area (Å²) in [6.07, 6.45) is -2.72. The molecule has 0 aliphatic carbocycles. The average Bonchev–Trinajstić information content (AvgIpc) is 3.41. The standard InChI is InChI=1S/C25H21ClFN5O5/c1-25(27)18(37-22(34)15-10-6-3-7-11-15)16(12-35-21(33)14-8-4-2-5-9-14)36-23(25)32-13-29-17-19(26)30-24(28)31-20(17)32/h2-11,13,16,18,23H,12H2,1H3,(H2,28,30,31)/t16-,18+,23+,25+/m0/s1. The third kappa shape index (κ3) is 4.70. The highest BCUT2D eigenvalue weighted by Crippen LogP contribution is 2.44. The molecule has 0 spiro atoms. The maximum absolute atomic E-state index is 16.5. The number of benzene rings is 2. The van der Waals surface area contributed by atoms with Gasteiger partial charge in [0.05, 0.1) is 17.5 Å². The molecule has 1 fully saturated rings. The van der Waals surface area contributed by atoms with E-state index in [2.05, 4.69) is 15.0 Å². The van der Waals surface area contributed by atoms with Gasteiger partial charge < -0.3 is 19.9 Å². The van der Waals surface area contributed by atoms with Crippen LogP contribution in [0.3, 0.4) is 0 Å². The van der Waals surface area contributed by atoms with Crippen LogP contribution in [0.15, 0.2) is 67.0 Å². The van der Waals surface area contributed by atoms with E-state index in [1.54, 1.807) is 60.7 Å². The van der Waals surface area contributed by atoms with Gasteiger partial charge in [0.25, 0.3) is 0 Å². The minimum Gasteiger partial charge on any atom is -0.459 e. The molecule has 12 heteroatoms. The second kappa shape index (κ2) is 9.75. The molecule has 2 aromatic carbocycles. The molecule has 190 valence electrons. The van der Waals surface area contributed by atoms with Crippen molar-refractivity contribution in [3.8, 4) is 0 Å². The van der Waals surface area contributed by atoms with Crippen molar-refractivity contribution in [2.24, 2.45) is 0 Å². The van der Waals surface area contributed by atoms with Gasteiger partial charge in [-0.05, 0) is 31.2 Å². The first-order valence-electron chi connectivity index (χ1n) is 11.2. The SMILES string of the molecule is C[C@@]1(F)[C@H](OC(=O)c2ccccc2)[C@H](COC(=O)c2ccccc2)O[C@H]1n1cnc2c(Cl)nc(N)nc21. The predicted octanol–water partition coefficient (Wildman–Crippen LogP) is 3.77. The smallest absolute Gasteiger partial charge is 0.338 e. The van der Waals surface area contributed by atoms with Crippen molar-refractivity contribution < 1.29 is 28.2 Å². The van der Waals surface area contributed by atoms with Gasteiger partial charge in [0.15, 0.2) is 28.8 Å². The number of nitrogens with two attached hydrogens (primary N) is 1. The maximum Gasteiger partial charge on any atom is 0.338 e. The van der Waals surface area contributed by atoms with Crippen molar-refractivity contribution in [2.45, 2.75) is 31.0 Å². The molecule has 0 unspecified atom stereocenters. The first kappa shape index (κ1) is 24.6. The number of halogens is 2. The van der Waals surface area contributed by atoms with Crippen molar-refractivity contribution in [1.29, 1.82) is 0 Å². The summed E-state index contributed by atoms with van der Waals surface area (Å²) in [4.78, 5) is 37.5. The Morgan fingerprint density at radius 2 is 1.70 bits per heavy atom. The highest BCUT2D eigenvalue weighted by atomic mass is 35.5. The van der Waals surface area contributed by atoms with E-state index in [-0.39, 0.29) is 34.4 Å². The van der Waals surface area contributed by atoms with Crippen LogP contribution in [-0.4, -0.2) is 55.9 Å². The number of anilines is 1. The van der Waals surface area contributed by atoms with E-state index in [4.69, 9.17) is 31.5 Å². The van der Waals surface area contributed by atoms with Crippen LogP contribution in [-0.2, 0) is 14.2 Å². The fourth-order valence-corrected chi connectivity index (χ4v) is 4.39. The molecule has 0 radical (unpaired) electrons. The fraction of sp³-hybridized carbons (Fsp3) is 0.240. The molecule has 5 rings (SSSR count). The lowest BCUT2D eigenvalue weighted by Crippen LogP contribution is -2.44. The summed E-state index contributed by atoms with van der Waals surface area (Å²) in [6, 6.07) is 16.4. The highest BCUT2D eigenvalue weighted by molar-refractivity contribution is 6.33. The van der Waals surface area contributed by atoms with Crippen molar-refractivity contribution in [3.63, 3.8) is 0 Å². The summed E-state index contributed by atoms with van der Waals surface area (Å²) in [5.41, 5.74) is 4.26. The van der Waals surface area contributed by atoms with Gasteiger partial charge in [-0.1, -0.05) is 48.0 Å². The van der Waals surface area contributed by atoms with Gasteiger partial charge in [-0.25, -0.2) is 19.0 Å². The summed E-state index contributed by atoms with van der Waals surface area (Å²) in [5.74, 6) is -1.54. The van der Waals surface area contributed by atoms with E-state index in [1.165, 1.54) is 17.8 Å². The van der Waals surface area contributed by atoms with Crippen LogP contribution < -0.4 is 5.73 Å². The molecule has 37 heavy (non-hydrogen) atoms. The zero-order valence-corrected chi connectivity index (χ0v) is 20.2. The Kier molecular flexibility index (Phi) is 6.48. The number of ether oxygens (including phenoxy) is 3. The molecule has 4 atom stereocenters. The molecule has 1 aliphatic heterocycles. The van der Waals surface area contributed by atoms with E-state index in [1.807, 2.05) is 0 Å². The van der Waals surface area contributed by atoms with Crippen molar-refractivity contribution in [1.82, 2.24) is 19.5 Å². The zero-order chi connectivity index (χ0) is 26.2. The Hall–Kier alpha value is -4.09. The van der Waals surface area contributed by atoms with E-state index in [9.17, 15) is 9.59 Å². The summed E-state index contributed by atoms with van der Waals surface area (Å²) < 4.78 is 34.8. The van der Waals surface area contributed by atoms with Crippen LogP contribution in [0.1, 0.15) is 33.9 Å². The highest BCUT2D eigenvalue weighted by Gasteiger charge is 2.58. The molecule has 1 aliphatic rings. The second-order valence-corrected chi connectivity index (χ2v) is 8.89. The van der Waals surface area contributed by atoms with Crippen LogP contribution in [0.5, 0.6) is 0 Å². The Morgan fingerprint density at radius 3 is 2.35 bits per heavy atom. The molecule has 0 amide bonds. The number of nitrogens with zero attached hydrogens (tertiary/aromatic N) is 4. The first-order chi connectivity index (χ1) is 17.8. The number of aromatic nitrogens is 4. The lowest BCUT2D eigenvalue weighted by atomic mass is 9.98. The number of rotatable bonds is 6. The number of carbonyl (C=O) groups excluding carboxylic acids is 2. The van der Waals surface area contributed by atoms with E-state index in [0.717, 1.165) is 0 Å². The fourth-order valence-electron chi connectivity index (χ4n) is 4.17. The van der Waals surface area contributed by atoms with Crippen molar-refractivity contribution in [2.75, 3.05) is 12.3 Å². The van der Waals surface area contributed by atoms with Crippen LogP contribution in [0.25, 0.3) is 11.2 Å². The number of alkyl halides is 1. The largest absolute Gasteiger partial charge is 0.459 e. The molecule has 1 saturated heterocycles. The molecule has 4 aromatic rings. The Labute approximate surface area is 215 Å². The lowest BCUT2D eigenvalue weighted by Gasteiger charge is -2.27. The molecular weight excluding hydrogens is 505 g/mol. The van der Waals surface area contributed by atoms with E-state index in [0.29, 0.717) is 5.56 Å². The maximum atomic E-state index is 16.5. The topological polar surface area (TPSA) is 131 Å². The normalized spacial score (nSPS) is 23.2. The summed E-state index contributed by atoms with van der Waals surface area (Å²) in [5, 5.41) is -0.0137. The average molecular weight is 526 g/mol. The van der Waals surface area contributed by atoms with Crippen LogP contribution in [0, 0.1) is 0 Å². The van der Waals surface area contributed by atoms with Crippen molar-refractivity contribution >= 4 is 40.7 Å². The van der Waals surface area contributed by atoms with Gasteiger partial charge in [-0.15, -0.1) is 0 Å². The van der Waals surface area contributed by atoms with Gasteiger partial charge >= 0.3 is 11.9 Å². The predicted molar refractivity (Wildman–Crippen MR) is 131 cm³/mol. The molecular formula is C25H21ClFN5O5. The molecule has 2 N–H and O–H groups in total.